The lowest BCUT2D eigenvalue weighted by Gasteiger charge is -2.41. The summed E-state index contributed by atoms with van der Waals surface area (Å²) in [7, 11) is 0. The van der Waals surface area contributed by atoms with E-state index in [4.69, 9.17) is 0 Å². The fourth-order valence-electron chi connectivity index (χ4n) is 4.68. The fraction of sp³-hybridized carbons (Fsp3) is 0.619. The van der Waals surface area contributed by atoms with Gasteiger partial charge in [-0.3, -0.25) is 4.79 Å². The topological polar surface area (TPSA) is 55.9 Å². The van der Waals surface area contributed by atoms with Crippen LogP contribution in [0.3, 0.4) is 0 Å². The van der Waals surface area contributed by atoms with Gasteiger partial charge < -0.3 is 20.0 Å². The van der Waals surface area contributed by atoms with Crippen LogP contribution in [0.4, 0.5) is 13.6 Å². The summed E-state index contributed by atoms with van der Waals surface area (Å²) in [6.45, 7) is 4.39. The second-order valence-corrected chi connectivity index (χ2v) is 8.19. The number of carbonyl (C=O) groups is 2. The molecular formula is C21H28F2N4O2. The molecule has 29 heavy (non-hydrogen) atoms. The number of carbonyl (C=O) groups excluding carboxylic acids is 2. The predicted molar refractivity (Wildman–Crippen MR) is 104 cm³/mol. The highest BCUT2D eigenvalue weighted by Crippen LogP contribution is 2.28. The number of rotatable bonds is 2. The summed E-state index contributed by atoms with van der Waals surface area (Å²) < 4.78 is 27.1. The van der Waals surface area contributed by atoms with Gasteiger partial charge in [-0.25, -0.2) is 13.6 Å². The maximum Gasteiger partial charge on any atom is 0.320 e. The quantitative estimate of drug-likeness (QED) is 0.821. The zero-order valence-electron chi connectivity index (χ0n) is 16.6. The molecule has 1 N–H and O–H groups in total. The van der Waals surface area contributed by atoms with Crippen molar-refractivity contribution in [2.45, 2.75) is 31.7 Å². The Morgan fingerprint density at radius 1 is 0.966 bits per heavy atom. The third-order valence-electron chi connectivity index (χ3n) is 6.27. The van der Waals surface area contributed by atoms with Crippen LogP contribution in [0.25, 0.3) is 0 Å². The van der Waals surface area contributed by atoms with E-state index in [1.807, 2.05) is 9.80 Å². The summed E-state index contributed by atoms with van der Waals surface area (Å²) in [6.07, 6.45) is 3.63. The van der Waals surface area contributed by atoms with Gasteiger partial charge in [-0.2, -0.15) is 0 Å². The van der Waals surface area contributed by atoms with Crippen LogP contribution >= 0.6 is 0 Å². The second-order valence-electron chi connectivity index (χ2n) is 8.19. The van der Waals surface area contributed by atoms with Gasteiger partial charge in [0.1, 0.15) is 0 Å². The van der Waals surface area contributed by atoms with E-state index >= 15 is 0 Å². The van der Waals surface area contributed by atoms with E-state index in [0.717, 1.165) is 44.8 Å². The van der Waals surface area contributed by atoms with E-state index in [2.05, 4.69) is 5.32 Å². The smallest absolute Gasteiger partial charge is 0.320 e. The van der Waals surface area contributed by atoms with Gasteiger partial charge in [0.2, 0.25) is 5.91 Å². The molecule has 1 aromatic carbocycles. The van der Waals surface area contributed by atoms with Crippen molar-refractivity contribution in [1.82, 2.24) is 20.0 Å². The standard InChI is InChI=1S/C21H28F2N4O2/c22-17-6-5-15(12-18(17)23)19-13-24-7-11-27(19)20(28)16-4-3-10-26(14-16)21(29)25-8-1-2-9-25/h5-6,12,16,19,24H,1-4,7-11,13-14H2. The van der Waals surface area contributed by atoms with E-state index < -0.39 is 11.6 Å². The van der Waals surface area contributed by atoms with E-state index in [1.54, 1.807) is 11.0 Å². The summed E-state index contributed by atoms with van der Waals surface area (Å²) in [5.74, 6) is -2.04. The first-order valence-electron chi connectivity index (χ1n) is 10.5. The third kappa shape index (κ3) is 4.22. The number of benzene rings is 1. The molecule has 0 saturated carbocycles. The Balaban J connectivity index is 1.47. The molecule has 3 aliphatic heterocycles. The number of hydrogen-bond acceptors (Lipinski definition) is 3. The monoisotopic (exact) mass is 406 g/mol. The fourth-order valence-corrected chi connectivity index (χ4v) is 4.68. The van der Waals surface area contributed by atoms with Crippen molar-refractivity contribution >= 4 is 11.9 Å². The van der Waals surface area contributed by atoms with Crippen LogP contribution in [0, 0.1) is 17.6 Å². The van der Waals surface area contributed by atoms with Crippen LogP contribution < -0.4 is 5.32 Å². The molecule has 0 bridgehead atoms. The van der Waals surface area contributed by atoms with Gasteiger partial charge in [-0.05, 0) is 43.4 Å². The Hall–Kier alpha value is -2.22. The van der Waals surface area contributed by atoms with Crippen molar-refractivity contribution < 1.29 is 18.4 Å². The molecular weight excluding hydrogens is 378 g/mol. The zero-order valence-corrected chi connectivity index (χ0v) is 16.6. The highest BCUT2D eigenvalue weighted by atomic mass is 19.2. The Kier molecular flexibility index (Phi) is 5.99. The van der Waals surface area contributed by atoms with Gasteiger partial charge in [0, 0.05) is 45.8 Å². The summed E-state index contributed by atoms with van der Waals surface area (Å²) in [5, 5.41) is 3.24. The molecule has 0 spiro atoms. The number of hydrogen-bond donors (Lipinski definition) is 1. The van der Waals surface area contributed by atoms with E-state index in [9.17, 15) is 18.4 Å². The lowest BCUT2D eigenvalue weighted by molar-refractivity contribution is -0.140. The lowest BCUT2D eigenvalue weighted by Crippen LogP contribution is -2.54. The van der Waals surface area contributed by atoms with Crippen molar-refractivity contribution in [1.29, 1.82) is 0 Å². The average molecular weight is 406 g/mol. The van der Waals surface area contributed by atoms with Gasteiger partial charge in [0.05, 0.1) is 12.0 Å². The molecule has 0 radical (unpaired) electrons. The van der Waals surface area contributed by atoms with E-state index in [0.29, 0.717) is 38.3 Å². The minimum atomic E-state index is -0.902. The van der Waals surface area contributed by atoms with Gasteiger partial charge in [-0.15, -0.1) is 0 Å². The van der Waals surface area contributed by atoms with Crippen LogP contribution in [-0.4, -0.2) is 72.5 Å². The van der Waals surface area contributed by atoms with Crippen LogP contribution in [0.2, 0.25) is 0 Å². The minimum Gasteiger partial charge on any atom is -0.333 e. The number of urea groups is 1. The van der Waals surface area contributed by atoms with Crippen molar-refractivity contribution in [3.63, 3.8) is 0 Å². The first-order chi connectivity index (χ1) is 14.0. The molecule has 3 amide bonds. The van der Waals surface area contributed by atoms with Crippen molar-refractivity contribution in [2.75, 3.05) is 45.8 Å². The number of piperazine rings is 1. The highest BCUT2D eigenvalue weighted by Gasteiger charge is 2.37. The summed E-state index contributed by atoms with van der Waals surface area (Å²) >= 11 is 0. The number of likely N-dealkylation sites (tertiary alicyclic amines) is 2. The van der Waals surface area contributed by atoms with Gasteiger partial charge >= 0.3 is 6.03 Å². The number of amides is 3. The average Bonchev–Trinajstić information content (AvgIpc) is 3.30. The first kappa shape index (κ1) is 20.1. The summed E-state index contributed by atoms with van der Waals surface area (Å²) in [4.78, 5) is 31.6. The van der Waals surface area contributed by atoms with Crippen LogP contribution in [0.1, 0.15) is 37.3 Å². The predicted octanol–water partition coefficient (Wildman–Crippen LogP) is 2.37. The van der Waals surface area contributed by atoms with Crippen LogP contribution in [-0.2, 0) is 4.79 Å². The normalized spacial score (nSPS) is 25.4. The van der Waals surface area contributed by atoms with Crippen LogP contribution in [0.15, 0.2) is 18.2 Å². The third-order valence-corrected chi connectivity index (χ3v) is 6.27. The molecule has 158 valence electrons. The first-order valence-corrected chi connectivity index (χ1v) is 10.5. The largest absolute Gasteiger partial charge is 0.333 e. The van der Waals surface area contributed by atoms with Gasteiger partial charge in [0.15, 0.2) is 11.6 Å². The van der Waals surface area contributed by atoms with Gasteiger partial charge in [-0.1, -0.05) is 6.07 Å². The Morgan fingerprint density at radius 3 is 2.48 bits per heavy atom. The zero-order chi connectivity index (χ0) is 20.4. The highest BCUT2D eigenvalue weighted by molar-refractivity contribution is 5.81. The molecule has 3 saturated heterocycles. The number of halogens is 2. The summed E-state index contributed by atoms with van der Waals surface area (Å²) in [5.41, 5.74) is 0.588. The molecule has 3 aliphatic rings. The molecule has 2 atom stereocenters. The van der Waals surface area contributed by atoms with Crippen LogP contribution in [0.5, 0.6) is 0 Å². The summed E-state index contributed by atoms with van der Waals surface area (Å²) in [6, 6.07) is 3.53. The number of nitrogens with one attached hydrogen (secondary N) is 1. The maximum absolute atomic E-state index is 13.8. The van der Waals surface area contributed by atoms with Gasteiger partial charge in [0.25, 0.3) is 0 Å². The lowest BCUT2D eigenvalue weighted by atomic mass is 9.94. The molecule has 6 nitrogen and oxygen atoms in total. The van der Waals surface area contributed by atoms with Crippen molar-refractivity contribution in [3.05, 3.63) is 35.4 Å². The molecule has 8 heteroatoms. The van der Waals surface area contributed by atoms with Crippen molar-refractivity contribution in [3.8, 4) is 0 Å². The Labute approximate surface area is 169 Å². The SMILES string of the molecule is O=C(N1CCCC1)N1CCCC(C(=O)N2CCNCC2c2ccc(F)c(F)c2)C1. The van der Waals surface area contributed by atoms with Crippen molar-refractivity contribution in [2.24, 2.45) is 5.92 Å². The Bertz CT molecular complexity index is 769. The molecule has 2 unspecified atom stereocenters. The molecule has 0 aliphatic carbocycles. The van der Waals surface area contributed by atoms with E-state index in [1.165, 1.54) is 6.07 Å². The molecule has 4 rings (SSSR count). The Morgan fingerprint density at radius 2 is 1.72 bits per heavy atom. The molecule has 1 aromatic rings. The molecule has 0 aromatic heterocycles. The molecule has 3 fully saturated rings. The maximum atomic E-state index is 13.8. The second kappa shape index (κ2) is 8.65. The number of piperidine rings is 1. The van der Waals surface area contributed by atoms with E-state index in [-0.39, 0.29) is 23.9 Å². The number of nitrogens with zero attached hydrogens (tertiary/aromatic N) is 3. The minimum absolute atomic E-state index is 0.000144. The molecule has 3 heterocycles.